The van der Waals surface area contributed by atoms with Gasteiger partial charge in [0.05, 0.1) is 12.6 Å². The first-order valence-electron chi connectivity index (χ1n) is 12.4. The van der Waals surface area contributed by atoms with Crippen LogP contribution in [0.5, 0.6) is 23.0 Å². The Bertz CT molecular complexity index is 1690. The molecule has 0 radical (unpaired) electrons. The van der Waals surface area contributed by atoms with Gasteiger partial charge in [0.1, 0.15) is 11.2 Å². The molecule has 0 unspecified atom stereocenters. The van der Waals surface area contributed by atoms with E-state index in [0.717, 1.165) is 6.07 Å². The van der Waals surface area contributed by atoms with Crippen LogP contribution in [-0.2, 0) is 14.4 Å². The molecule has 42 heavy (non-hydrogen) atoms. The fourth-order valence-electron chi connectivity index (χ4n) is 4.16. The molecule has 0 bridgehead atoms. The fourth-order valence-corrected chi connectivity index (χ4v) is 4.35. The van der Waals surface area contributed by atoms with Crippen molar-refractivity contribution in [3.63, 3.8) is 0 Å². The van der Waals surface area contributed by atoms with Crippen LogP contribution < -0.4 is 24.8 Å². The standard InChI is InChI=1S/C29H23ClFN3O7.Ca.2H/c1-39-24-13-19-21(14-25(24)40-15-26(35)36)32-10-7-22(19)41-23-6-5-18(12-20(23)31)34-28(38)29(8-9-29)27(37)33-17-4-2-3-16(30)11-17;;;/h2-7,10-14H,8-9,15H2,1H3,(H,33,37)(H,34,38)(H,35,36);;;/q;+2;2*-1. The number of hydrogen-bond donors (Lipinski definition) is 3. The number of ether oxygens (including phenoxy) is 3. The third kappa shape index (κ3) is 6.87. The van der Waals surface area contributed by atoms with Gasteiger partial charge in [-0.05, 0) is 55.3 Å². The molecule has 13 heteroatoms. The molecule has 5 rings (SSSR count). The Balaban J connectivity index is 0.00000225. The van der Waals surface area contributed by atoms with Crippen LogP contribution >= 0.6 is 11.6 Å². The smallest absolute Gasteiger partial charge is 1.00 e. The number of carbonyl (C=O) groups excluding carboxylic acids is 2. The van der Waals surface area contributed by atoms with Crippen LogP contribution in [0, 0.1) is 11.2 Å². The largest absolute Gasteiger partial charge is 2.00 e. The number of rotatable bonds is 10. The zero-order valence-electron chi connectivity index (χ0n) is 24.3. The molecular formula is C29H25CaClFN3O7. The maximum absolute atomic E-state index is 15.1. The second-order valence-electron chi connectivity index (χ2n) is 9.26. The van der Waals surface area contributed by atoms with Crippen molar-refractivity contribution in [3.05, 3.63) is 77.7 Å². The van der Waals surface area contributed by atoms with Gasteiger partial charge in [0.15, 0.2) is 29.7 Å². The number of nitrogens with zero attached hydrogens (tertiary/aromatic N) is 1. The maximum atomic E-state index is 15.1. The number of methoxy groups -OCH3 is 1. The molecule has 1 aliphatic carbocycles. The minimum absolute atomic E-state index is 0. The summed E-state index contributed by atoms with van der Waals surface area (Å²) in [6.45, 7) is -0.570. The molecule has 0 aliphatic heterocycles. The van der Waals surface area contributed by atoms with Crippen LogP contribution in [0.1, 0.15) is 15.7 Å². The van der Waals surface area contributed by atoms with Gasteiger partial charge in [0.25, 0.3) is 0 Å². The molecule has 3 N–H and O–H groups in total. The van der Waals surface area contributed by atoms with Gasteiger partial charge in [0.2, 0.25) is 11.8 Å². The minimum atomic E-state index is -1.25. The van der Waals surface area contributed by atoms with E-state index in [1.165, 1.54) is 37.6 Å². The summed E-state index contributed by atoms with van der Waals surface area (Å²) in [6, 6.07) is 15.1. The van der Waals surface area contributed by atoms with Crippen molar-refractivity contribution < 1.29 is 40.9 Å². The van der Waals surface area contributed by atoms with E-state index < -0.39 is 35.6 Å². The van der Waals surface area contributed by atoms with Crippen LogP contribution in [0.25, 0.3) is 10.9 Å². The Labute approximate surface area is 277 Å². The Morgan fingerprint density at radius 3 is 2.31 bits per heavy atom. The topological polar surface area (TPSA) is 136 Å². The number of halogens is 2. The van der Waals surface area contributed by atoms with E-state index in [1.807, 2.05) is 0 Å². The molecule has 2 amide bonds. The van der Waals surface area contributed by atoms with E-state index in [2.05, 4.69) is 15.6 Å². The van der Waals surface area contributed by atoms with E-state index in [0.29, 0.717) is 34.5 Å². The Morgan fingerprint density at radius 2 is 1.69 bits per heavy atom. The molecule has 1 aliphatic rings. The molecule has 10 nitrogen and oxygen atoms in total. The predicted octanol–water partition coefficient (Wildman–Crippen LogP) is 5.49. The quantitative estimate of drug-likeness (QED) is 0.156. The number of carboxylic acid groups (broad SMARTS) is 1. The summed E-state index contributed by atoms with van der Waals surface area (Å²) in [5, 5.41) is 15.1. The van der Waals surface area contributed by atoms with E-state index in [1.54, 1.807) is 30.3 Å². The van der Waals surface area contributed by atoms with Crippen LogP contribution in [0.4, 0.5) is 15.8 Å². The van der Waals surface area contributed by atoms with Crippen molar-refractivity contribution in [2.45, 2.75) is 12.8 Å². The molecule has 4 aromatic rings. The van der Waals surface area contributed by atoms with E-state index in [9.17, 15) is 14.4 Å². The van der Waals surface area contributed by atoms with E-state index in [-0.39, 0.29) is 69.3 Å². The molecular weight excluding hydrogens is 597 g/mol. The van der Waals surface area contributed by atoms with Gasteiger partial charge >= 0.3 is 43.7 Å². The zero-order valence-corrected chi connectivity index (χ0v) is 25.2. The summed E-state index contributed by atoms with van der Waals surface area (Å²) in [7, 11) is 1.39. The average molecular weight is 622 g/mol. The summed E-state index contributed by atoms with van der Waals surface area (Å²) in [6.07, 6.45) is 2.16. The second-order valence-corrected chi connectivity index (χ2v) is 9.70. The Hall–Kier alpha value is -3.64. The maximum Gasteiger partial charge on any atom is 2.00 e. The molecule has 3 aromatic carbocycles. The van der Waals surface area contributed by atoms with Crippen molar-refractivity contribution in [2.24, 2.45) is 5.41 Å². The summed E-state index contributed by atoms with van der Waals surface area (Å²) >= 11 is 5.97. The number of amides is 2. The van der Waals surface area contributed by atoms with Crippen molar-refractivity contribution in [1.82, 2.24) is 4.98 Å². The third-order valence-corrected chi connectivity index (χ3v) is 6.68. The normalized spacial score (nSPS) is 12.9. The van der Waals surface area contributed by atoms with Gasteiger partial charge in [-0.1, -0.05) is 17.7 Å². The monoisotopic (exact) mass is 621 g/mol. The summed E-state index contributed by atoms with van der Waals surface area (Å²) < 4.78 is 31.5. The zero-order chi connectivity index (χ0) is 29.1. The number of aliphatic carboxylic acids is 1. The molecule has 1 aromatic heterocycles. The van der Waals surface area contributed by atoms with Crippen LogP contribution in [0.15, 0.2) is 66.9 Å². The van der Waals surface area contributed by atoms with Gasteiger partial charge < -0.3 is 32.8 Å². The van der Waals surface area contributed by atoms with Gasteiger partial charge in [-0.2, -0.15) is 0 Å². The number of nitrogens with one attached hydrogen (secondary N) is 2. The number of anilines is 2. The third-order valence-electron chi connectivity index (χ3n) is 6.45. The fraction of sp³-hybridized carbons (Fsp3) is 0.172. The molecule has 0 spiro atoms. The van der Waals surface area contributed by atoms with Crippen LogP contribution in [0.3, 0.4) is 0 Å². The second kappa shape index (κ2) is 13.1. The van der Waals surface area contributed by atoms with Crippen molar-refractivity contribution in [1.29, 1.82) is 0 Å². The number of carboxylic acids is 1. The average Bonchev–Trinajstić information content (AvgIpc) is 3.75. The molecule has 1 heterocycles. The number of aromatic nitrogens is 1. The van der Waals surface area contributed by atoms with Gasteiger partial charge in [0, 0.05) is 40.1 Å². The first kappa shape index (κ1) is 31.3. The molecule has 0 atom stereocenters. The van der Waals surface area contributed by atoms with Crippen molar-refractivity contribution in [3.8, 4) is 23.0 Å². The van der Waals surface area contributed by atoms with E-state index in [4.69, 9.17) is 30.9 Å². The molecule has 214 valence electrons. The first-order chi connectivity index (χ1) is 19.7. The molecule has 1 saturated carbocycles. The van der Waals surface area contributed by atoms with Gasteiger partial charge in [-0.25, -0.2) is 9.18 Å². The summed E-state index contributed by atoms with van der Waals surface area (Å²) in [5.74, 6) is -2.37. The number of benzene rings is 3. The first-order valence-corrected chi connectivity index (χ1v) is 12.7. The Kier molecular flexibility index (Phi) is 9.78. The number of carbonyl (C=O) groups is 3. The predicted molar refractivity (Wildman–Crippen MR) is 156 cm³/mol. The van der Waals surface area contributed by atoms with Gasteiger partial charge in [-0.3, -0.25) is 14.6 Å². The number of pyridine rings is 1. The van der Waals surface area contributed by atoms with Crippen molar-refractivity contribution >= 4 is 89.4 Å². The van der Waals surface area contributed by atoms with E-state index >= 15 is 4.39 Å². The number of hydrogen-bond acceptors (Lipinski definition) is 7. The SMILES string of the molecule is COc1cc2c(Oc3ccc(NC(=O)C4(C(=O)Nc5cccc(Cl)c5)CC4)cc3F)ccnc2cc1OCC(=O)O.[Ca+2].[H-].[H-]. The van der Waals surface area contributed by atoms with Gasteiger partial charge in [-0.15, -0.1) is 0 Å². The van der Waals surface area contributed by atoms with Crippen molar-refractivity contribution in [2.75, 3.05) is 24.4 Å². The van der Waals surface area contributed by atoms with Crippen LogP contribution in [0.2, 0.25) is 5.02 Å². The summed E-state index contributed by atoms with van der Waals surface area (Å²) in [4.78, 5) is 41.0. The van der Waals surface area contributed by atoms with Crippen LogP contribution in [-0.4, -0.2) is 79.3 Å². The Morgan fingerprint density at radius 1 is 0.976 bits per heavy atom. The summed E-state index contributed by atoms with van der Waals surface area (Å²) in [5.41, 5.74) is -0.225. The minimum Gasteiger partial charge on any atom is -1.00 e. The molecule has 1 fully saturated rings. The number of fused-ring (bicyclic) bond motifs is 1. The molecule has 0 saturated heterocycles.